The predicted octanol–water partition coefficient (Wildman–Crippen LogP) is 23.1. The van der Waals surface area contributed by atoms with Crippen molar-refractivity contribution in [2.24, 2.45) is 0 Å². The number of rotatable bonds is 35. The summed E-state index contributed by atoms with van der Waals surface area (Å²) in [6, 6.07) is 32.9. The van der Waals surface area contributed by atoms with Crippen LogP contribution in [0.2, 0.25) is 0 Å². The molecule has 8 amide bonds. The second-order valence-corrected chi connectivity index (χ2v) is 36.6. The number of hydrogen-bond acceptors (Lipinski definition) is 26. The van der Waals surface area contributed by atoms with Crippen molar-refractivity contribution in [2.75, 3.05) is 6.61 Å². The number of carbonyl (C=O) groups is 9. The zero-order chi connectivity index (χ0) is 92.2. The third kappa shape index (κ3) is 16.7. The van der Waals surface area contributed by atoms with Crippen LogP contribution in [-0.4, -0.2) is 99.7 Å². The number of amides is 8. The lowest BCUT2D eigenvalue weighted by atomic mass is 9.76. The van der Waals surface area contributed by atoms with Crippen LogP contribution < -0.4 is 59.2 Å². The number of benzene rings is 8. The molecule has 9 aliphatic rings. The van der Waals surface area contributed by atoms with E-state index in [1.54, 1.807) is 30.3 Å². The molecule has 21 rings (SSSR count). The van der Waals surface area contributed by atoms with E-state index in [2.05, 4.69) is 78.4 Å². The number of ether oxygens (including phenoxy) is 9. The molecule has 30 heteroatoms. The number of fused-ring (bicyclic) bond motifs is 8. The molecule has 8 aliphatic heterocycles. The fraction of sp³-hybridized carbons (Fsp3) is 0.381. The van der Waals surface area contributed by atoms with Gasteiger partial charge in [-0.1, -0.05) is 243 Å². The summed E-state index contributed by atoms with van der Waals surface area (Å²) < 4.78 is 65.2. The van der Waals surface area contributed by atoms with E-state index < -0.39 is 76.9 Å². The summed E-state index contributed by atoms with van der Waals surface area (Å²) in [7, 11) is 0. The largest absolute Gasteiger partial charge is 0.462 e. The maximum Gasteiger partial charge on any atom is 0.338 e. The van der Waals surface area contributed by atoms with E-state index in [0.29, 0.717) is 88.6 Å². The number of carbonyl (C=O) groups excluding carboxylic acids is 9. The summed E-state index contributed by atoms with van der Waals surface area (Å²) in [5.41, 5.74) is 1.76. The van der Waals surface area contributed by atoms with Crippen LogP contribution in [0.25, 0.3) is 32.3 Å². The SMILES string of the molecule is CCCCCCCCCCCC1c2cc3c4cc2Oc2nc5c(nc2Oc2cc6c(cc21)C(CCCCCCCCCCC)c1cc2c(cc1Oc1nc7c(nc1O6)C(=O)NC7=O)Oc1nc6c(nc1Oc1cc(c(cc1C2CCCOC(=O)c1ccc2ccc7cccc8ccc1c2c78)C3CCCCCCCCCCC)Oc1nc2c(nc1O4)C(=O)NC2=O)C(=O)NC6=O)C(=O)NC5=O. The van der Waals surface area contributed by atoms with Crippen molar-refractivity contribution < 1.29 is 85.8 Å². The molecule has 12 aromatic rings. The molecule has 8 bridgehead atoms. The van der Waals surface area contributed by atoms with Gasteiger partial charge in [-0.15, -0.1) is 0 Å². The van der Waals surface area contributed by atoms with E-state index >= 15 is 4.79 Å². The molecule has 0 spiro atoms. The lowest BCUT2D eigenvalue weighted by molar-refractivity contribution is 0.0498. The first-order valence-electron chi connectivity index (χ1n) is 48.1. The first-order chi connectivity index (χ1) is 66.0. The number of hydrogen-bond donors (Lipinski definition) is 4. The van der Waals surface area contributed by atoms with Crippen molar-refractivity contribution in [1.29, 1.82) is 0 Å². The summed E-state index contributed by atoms with van der Waals surface area (Å²) in [4.78, 5) is 167. The molecule has 8 aromatic carbocycles. The fourth-order valence-electron chi connectivity index (χ4n) is 20.7. The molecule has 4 N–H and O–H groups in total. The molecule has 688 valence electrons. The minimum absolute atomic E-state index is 0.0475. The van der Waals surface area contributed by atoms with E-state index in [9.17, 15) is 38.4 Å². The first-order valence-corrected chi connectivity index (χ1v) is 48.1. The smallest absolute Gasteiger partial charge is 0.338 e. The van der Waals surface area contributed by atoms with Crippen LogP contribution in [-0.2, 0) is 4.74 Å². The Morgan fingerprint density at radius 3 is 0.748 bits per heavy atom. The molecule has 1 aliphatic carbocycles. The zero-order valence-electron chi connectivity index (χ0n) is 75.4. The van der Waals surface area contributed by atoms with Gasteiger partial charge in [0.1, 0.15) is 46.0 Å². The number of imide groups is 4. The molecular formula is C105H100N12O18. The highest BCUT2D eigenvalue weighted by Gasteiger charge is 2.45. The highest BCUT2D eigenvalue weighted by Crippen LogP contribution is 2.60. The van der Waals surface area contributed by atoms with Gasteiger partial charge in [0.15, 0.2) is 45.6 Å². The molecule has 135 heavy (non-hydrogen) atoms. The minimum atomic E-state index is -0.956. The monoisotopic (exact) mass is 1820 g/mol. The number of unbranched alkanes of at least 4 members (excludes halogenated alkanes) is 24. The van der Waals surface area contributed by atoms with E-state index in [4.69, 9.17) is 82.5 Å². The van der Waals surface area contributed by atoms with Gasteiger partial charge in [0, 0.05) is 92.4 Å². The standard InChI is InChI=1S/C105H100N12O18/c1-4-7-10-13-16-19-22-25-28-35-57-63-46-65-58(36-29-26-23-20-17-14-11-8-5-2)67-48-69-60(38-32-45-127-105(126)62-44-42-56-40-39-54-33-31-34-55-41-43-61(62)80(56)79(54)55)70-49-68-59(37-30-27-24-21-18-15-12-9-6-3)66-47-64(57)72-51-74(66)131-100-102(111-86-84(109-100)92(121)116-94(86)123)133-76(68)53-78(70)135-104-103(112-87-88(113-104)96(125)117-95(87)124)134-77(69)52-75(67)132-101-99(108-83-85(110-101)93(122)115-91(83)120)130-73(65)50-71(63)128-97-98(129-72)107-82-81(106-97)89(118)114-90(82)119/h31,33-34,39-44,46-53,57-60H,4-30,32,35-38,45H2,1-3H3,(H,114,118,119)(H,115,120,122)(H,116,121,123)(H,117,124,125). The maximum absolute atomic E-state index is 15.2. The zero-order valence-corrected chi connectivity index (χ0v) is 75.4. The van der Waals surface area contributed by atoms with Crippen molar-refractivity contribution in [1.82, 2.24) is 61.1 Å². The number of aromatic nitrogens is 8. The molecule has 0 fully saturated rings. The van der Waals surface area contributed by atoms with E-state index in [1.807, 2.05) is 36.4 Å². The topological polar surface area (TPSA) is 388 Å². The van der Waals surface area contributed by atoms with E-state index in [-0.39, 0.29) is 158 Å². The minimum Gasteiger partial charge on any atom is -0.462 e. The van der Waals surface area contributed by atoms with Gasteiger partial charge in [-0.3, -0.25) is 59.6 Å². The van der Waals surface area contributed by atoms with Gasteiger partial charge >= 0.3 is 5.97 Å². The lowest BCUT2D eigenvalue weighted by Gasteiger charge is -2.30. The van der Waals surface area contributed by atoms with E-state index in [0.717, 1.165) is 186 Å². The third-order valence-corrected chi connectivity index (χ3v) is 27.6. The molecule has 0 saturated heterocycles. The summed E-state index contributed by atoms with van der Waals surface area (Å²) in [6.45, 7) is 6.48. The molecule has 2 unspecified atom stereocenters. The number of nitrogens with zero attached hydrogens (tertiary/aromatic N) is 8. The van der Waals surface area contributed by atoms with Crippen LogP contribution in [0.5, 0.6) is 93.0 Å². The van der Waals surface area contributed by atoms with Crippen LogP contribution in [0, 0.1) is 0 Å². The van der Waals surface area contributed by atoms with Crippen molar-refractivity contribution in [3.05, 3.63) is 199 Å². The molecule has 2 atom stereocenters. The van der Waals surface area contributed by atoms with E-state index in [1.165, 1.54) is 0 Å². The second kappa shape index (κ2) is 37.2. The summed E-state index contributed by atoms with van der Waals surface area (Å²) in [5.74, 6) is -12.8. The normalized spacial score (nSPS) is 16.8. The van der Waals surface area contributed by atoms with Crippen LogP contribution in [0.3, 0.4) is 0 Å². The third-order valence-electron chi connectivity index (χ3n) is 27.6. The Balaban J connectivity index is 0.842. The summed E-state index contributed by atoms with van der Waals surface area (Å²) >= 11 is 0. The van der Waals surface area contributed by atoms with Crippen molar-refractivity contribution in [3.63, 3.8) is 0 Å². The maximum atomic E-state index is 15.2. The van der Waals surface area contributed by atoms with Gasteiger partial charge in [0.05, 0.1) is 12.2 Å². The highest BCUT2D eigenvalue weighted by molar-refractivity contribution is 6.26. The molecular weight excluding hydrogens is 1720 g/mol. The second-order valence-electron chi connectivity index (χ2n) is 36.6. The fourth-order valence-corrected chi connectivity index (χ4v) is 20.7. The Morgan fingerprint density at radius 1 is 0.267 bits per heavy atom. The van der Waals surface area contributed by atoms with Crippen LogP contribution in [0.15, 0.2) is 103 Å². The molecule has 4 aromatic heterocycles. The van der Waals surface area contributed by atoms with Crippen molar-refractivity contribution >= 4 is 85.5 Å². The molecule has 0 saturated carbocycles. The molecule has 12 heterocycles. The average Bonchev–Trinajstić information content (AvgIpc) is 1.63. The van der Waals surface area contributed by atoms with Gasteiger partial charge in [-0.05, 0) is 94.8 Å². The quantitative estimate of drug-likeness (QED) is 0.0124. The Morgan fingerprint density at radius 2 is 0.489 bits per heavy atom. The summed E-state index contributed by atoms with van der Waals surface area (Å²) in [6.07, 6.45) is 28.2. The van der Waals surface area contributed by atoms with Gasteiger partial charge in [-0.25, -0.2) is 44.7 Å². The molecule has 0 radical (unpaired) electrons. The predicted molar refractivity (Wildman–Crippen MR) is 494 cm³/mol. The number of nitrogens with one attached hydrogen (secondary N) is 4. The number of esters is 1. The molecule has 30 nitrogen and oxygen atoms in total. The van der Waals surface area contributed by atoms with Crippen LogP contribution in [0.1, 0.15) is 389 Å². The van der Waals surface area contributed by atoms with Gasteiger partial charge in [0.2, 0.25) is 0 Å². The van der Waals surface area contributed by atoms with Crippen LogP contribution in [0.4, 0.5) is 0 Å². The Hall–Kier alpha value is -14.5. The van der Waals surface area contributed by atoms with Crippen LogP contribution >= 0.6 is 0 Å². The Bertz CT molecular complexity index is 6570. The van der Waals surface area contributed by atoms with Gasteiger partial charge < -0.3 is 42.6 Å². The Labute approximate surface area is 776 Å². The lowest BCUT2D eigenvalue weighted by Crippen LogP contribution is -2.20. The van der Waals surface area contributed by atoms with Gasteiger partial charge in [0.25, 0.3) is 94.3 Å². The average molecular weight is 1820 g/mol. The van der Waals surface area contributed by atoms with Crippen molar-refractivity contribution in [3.8, 4) is 93.0 Å². The first kappa shape index (κ1) is 87.2. The van der Waals surface area contributed by atoms with Crippen molar-refractivity contribution in [2.45, 2.75) is 250 Å². The highest BCUT2D eigenvalue weighted by atomic mass is 16.6. The van der Waals surface area contributed by atoms with Gasteiger partial charge in [-0.2, -0.15) is 0 Å². The summed E-state index contributed by atoms with van der Waals surface area (Å²) in [5, 5.41) is 15.1. The Kier molecular flexibility index (Phi) is 24.0.